The topological polar surface area (TPSA) is 79.5 Å². The number of anilines is 2. The summed E-state index contributed by atoms with van der Waals surface area (Å²) in [6.07, 6.45) is 1.74. The molecule has 0 spiro atoms. The van der Waals surface area contributed by atoms with Crippen molar-refractivity contribution in [3.63, 3.8) is 0 Å². The lowest BCUT2D eigenvalue weighted by atomic mass is 10.1. The van der Waals surface area contributed by atoms with Crippen molar-refractivity contribution in [3.05, 3.63) is 53.9 Å². The Kier molecular flexibility index (Phi) is 3.66. The maximum Gasteiger partial charge on any atom is 0.335 e. The average molecular weight is 257 g/mol. The zero-order chi connectivity index (χ0) is 13.8. The fraction of sp³-hybridized carbons (Fsp3) is 0.143. The second-order valence-electron chi connectivity index (χ2n) is 4.26. The van der Waals surface area contributed by atoms with E-state index < -0.39 is 5.97 Å². The summed E-state index contributed by atoms with van der Waals surface area (Å²) in [5.74, 6) is -0.981. The molecule has 0 bridgehead atoms. The standard InChI is InChI=1S/C14H15N3O2/c1-17(9-11-4-2-3-7-16-11)13-6-5-10(14(18)19)8-12(13)15/h2-8H,9,15H2,1H3,(H,18,19). The smallest absolute Gasteiger partial charge is 0.335 e. The minimum atomic E-state index is -0.981. The highest BCUT2D eigenvalue weighted by molar-refractivity contribution is 5.90. The van der Waals surface area contributed by atoms with Gasteiger partial charge in [-0.3, -0.25) is 4.98 Å². The molecule has 19 heavy (non-hydrogen) atoms. The monoisotopic (exact) mass is 257 g/mol. The molecule has 5 heteroatoms. The predicted molar refractivity (Wildman–Crippen MR) is 74.2 cm³/mol. The van der Waals surface area contributed by atoms with E-state index >= 15 is 0 Å². The predicted octanol–water partition coefficient (Wildman–Crippen LogP) is 2.00. The van der Waals surface area contributed by atoms with Crippen molar-refractivity contribution in [1.29, 1.82) is 0 Å². The molecular formula is C14H15N3O2. The maximum atomic E-state index is 10.8. The number of carbonyl (C=O) groups is 1. The van der Waals surface area contributed by atoms with Crippen LogP contribution in [0.5, 0.6) is 0 Å². The summed E-state index contributed by atoms with van der Waals surface area (Å²) in [7, 11) is 1.89. The summed E-state index contributed by atoms with van der Waals surface area (Å²) in [5, 5.41) is 8.89. The van der Waals surface area contributed by atoms with E-state index in [9.17, 15) is 4.79 Å². The maximum absolute atomic E-state index is 10.8. The zero-order valence-corrected chi connectivity index (χ0v) is 10.6. The van der Waals surface area contributed by atoms with E-state index in [1.165, 1.54) is 6.07 Å². The SMILES string of the molecule is CN(Cc1ccccn1)c1ccc(C(=O)O)cc1N. The third-order valence-corrected chi connectivity index (χ3v) is 2.81. The third kappa shape index (κ3) is 3.01. The van der Waals surface area contributed by atoms with Gasteiger partial charge in [0.15, 0.2) is 0 Å². The van der Waals surface area contributed by atoms with E-state index in [1.54, 1.807) is 18.3 Å². The minimum Gasteiger partial charge on any atom is -0.478 e. The Bertz CT molecular complexity index is 584. The van der Waals surface area contributed by atoms with Crippen LogP contribution in [0.3, 0.4) is 0 Å². The van der Waals surface area contributed by atoms with Crippen molar-refractivity contribution in [2.45, 2.75) is 6.54 Å². The van der Waals surface area contributed by atoms with E-state index in [2.05, 4.69) is 4.98 Å². The Morgan fingerprint density at radius 3 is 2.74 bits per heavy atom. The van der Waals surface area contributed by atoms with Crippen LogP contribution in [0.1, 0.15) is 16.1 Å². The fourth-order valence-corrected chi connectivity index (χ4v) is 1.85. The first kappa shape index (κ1) is 12.9. The van der Waals surface area contributed by atoms with Crippen molar-refractivity contribution in [3.8, 4) is 0 Å². The number of nitrogen functional groups attached to an aromatic ring is 1. The molecule has 5 nitrogen and oxygen atoms in total. The van der Waals surface area contributed by atoms with Gasteiger partial charge in [-0.15, -0.1) is 0 Å². The lowest BCUT2D eigenvalue weighted by Crippen LogP contribution is -2.18. The van der Waals surface area contributed by atoms with Crippen LogP contribution in [-0.2, 0) is 6.54 Å². The molecule has 3 N–H and O–H groups in total. The second-order valence-corrected chi connectivity index (χ2v) is 4.26. The summed E-state index contributed by atoms with van der Waals surface area (Å²) in [6, 6.07) is 10.4. The van der Waals surface area contributed by atoms with Crippen molar-refractivity contribution < 1.29 is 9.90 Å². The number of hydrogen-bond donors (Lipinski definition) is 2. The molecule has 1 aromatic heterocycles. The number of rotatable bonds is 4. The van der Waals surface area contributed by atoms with Gasteiger partial charge >= 0.3 is 5.97 Å². The first-order valence-electron chi connectivity index (χ1n) is 5.82. The molecule has 0 aliphatic heterocycles. The highest BCUT2D eigenvalue weighted by Crippen LogP contribution is 2.24. The molecular weight excluding hydrogens is 242 g/mol. The Hall–Kier alpha value is -2.56. The van der Waals surface area contributed by atoms with Gasteiger partial charge in [-0.1, -0.05) is 6.07 Å². The third-order valence-electron chi connectivity index (χ3n) is 2.81. The number of hydrogen-bond acceptors (Lipinski definition) is 4. The normalized spacial score (nSPS) is 10.2. The summed E-state index contributed by atoms with van der Waals surface area (Å²) < 4.78 is 0. The van der Waals surface area contributed by atoms with Crippen LogP contribution in [0.2, 0.25) is 0 Å². The number of aromatic carboxylic acids is 1. The summed E-state index contributed by atoms with van der Waals surface area (Å²) in [6.45, 7) is 0.609. The van der Waals surface area contributed by atoms with Crippen LogP contribution in [0.15, 0.2) is 42.6 Å². The number of carboxylic acid groups (broad SMARTS) is 1. The first-order chi connectivity index (χ1) is 9.08. The molecule has 0 saturated carbocycles. The molecule has 98 valence electrons. The van der Waals surface area contributed by atoms with E-state index in [-0.39, 0.29) is 5.56 Å². The van der Waals surface area contributed by atoms with Crippen LogP contribution in [0.4, 0.5) is 11.4 Å². The van der Waals surface area contributed by atoms with Crippen LogP contribution >= 0.6 is 0 Å². The Morgan fingerprint density at radius 1 is 1.37 bits per heavy atom. The molecule has 0 aliphatic rings. The van der Waals surface area contributed by atoms with Gasteiger partial charge in [0.1, 0.15) is 0 Å². The summed E-state index contributed by atoms with van der Waals surface area (Å²) in [5.41, 5.74) is 8.23. The molecule has 1 aromatic carbocycles. The zero-order valence-electron chi connectivity index (χ0n) is 10.6. The molecule has 1 heterocycles. The average Bonchev–Trinajstić information content (AvgIpc) is 2.39. The van der Waals surface area contributed by atoms with Gasteiger partial charge in [0.05, 0.1) is 29.2 Å². The number of carboxylic acids is 1. The number of aromatic nitrogens is 1. The van der Waals surface area contributed by atoms with E-state index in [1.807, 2.05) is 30.1 Å². The number of pyridine rings is 1. The first-order valence-corrected chi connectivity index (χ1v) is 5.82. The Labute approximate surface area is 111 Å². The van der Waals surface area contributed by atoms with Crippen LogP contribution < -0.4 is 10.6 Å². The van der Waals surface area contributed by atoms with E-state index in [0.29, 0.717) is 12.2 Å². The van der Waals surface area contributed by atoms with E-state index in [0.717, 1.165) is 11.4 Å². The minimum absolute atomic E-state index is 0.187. The molecule has 0 aliphatic carbocycles. The van der Waals surface area contributed by atoms with Crippen LogP contribution in [-0.4, -0.2) is 23.1 Å². The summed E-state index contributed by atoms with van der Waals surface area (Å²) in [4.78, 5) is 17.0. The number of nitrogens with two attached hydrogens (primary N) is 1. The molecule has 0 saturated heterocycles. The Balaban J connectivity index is 2.20. The number of nitrogens with zero attached hydrogens (tertiary/aromatic N) is 2. The molecule has 0 amide bonds. The quantitative estimate of drug-likeness (QED) is 0.819. The van der Waals surface area contributed by atoms with Crippen molar-refractivity contribution >= 4 is 17.3 Å². The molecule has 0 radical (unpaired) electrons. The number of benzene rings is 1. The van der Waals surface area contributed by atoms with Crippen LogP contribution in [0, 0.1) is 0 Å². The largest absolute Gasteiger partial charge is 0.478 e. The van der Waals surface area contributed by atoms with Gasteiger partial charge in [-0.2, -0.15) is 0 Å². The Morgan fingerprint density at radius 2 is 2.16 bits per heavy atom. The van der Waals surface area contributed by atoms with Gasteiger partial charge in [-0.25, -0.2) is 4.79 Å². The highest BCUT2D eigenvalue weighted by Gasteiger charge is 2.10. The van der Waals surface area contributed by atoms with Gasteiger partial charge in [0.25, 0.3) is 0 Å². The molecule has 2 aromatic rings. The summed E-state index contributed by atoms with van der Waals surface area (Å²) >= 11 is 0. The second kappa shape index (κ2) is 5.39. The van der Waals surface area contributed by atoms with Crippen molar-refractivity contribution in [2.75, 3.05) is 17.7 Å². The van der Waals surface area contributed by atoms with Crippen molar-refractivity contribution in [2.24, 2.45) is 0 Å². The molecule has 0 atom stereocenters. The van der Waals surface area contributed by atoms with Gasteiger partial charge < -0.3 is 15.7 Å². The molecule has 0 fully saturated rings. The highest BCUT2D eigenvalue weighted by atomic mass is 16.4. The van der Waals surface area contributed by atoms with Gasteiger partial charge in [0, 0.05) is 13.2 Å². The van der Waals surface area contributed by atoms with E-state index in [4.69, 9.17) is 10.8 Å². The fourth-order valence-electron chi connectivity index (χ4n) is 1.85. The van der Waals surface area contributed by atoms with Gasteiger partial charge in [0.2, 0.25) is 0 Å². The molecule has 0 unspecified atom stereocenters. The lowest BCUT2D eigenvalue weighted by molar-refractivity contribution is 0.0697. The van der Waals surface area contributed by atoms with Gasteiger partial charge in [-0.05, 0) is 30.3 Å². The molecule has 2 rings (SSSR count). The lowest BCUT2D eigenvalue weighted by Gasteiger charge is -2.20. The van der Waals surface area contributed by atoms with Crippen LogP contribution in [0.25, 0.3) is 0 Å². The van der Waals surface area contributed by atoms with Crippen molar-refractivity contribution in [1.82, 2.24) is 4.98 Å².